The van der Waals surface area contributed by atoms with E-state index >= 15 is 0 Å². The van der Waals surface area contributed by atoms with Crippen LogP contribution in [0.1, 0.15) is 51.9 Å². The predicted octanol–water partition coefficient (Wildman–Crippen LogP) is 3.20. The van der Waals surface area contributed by atoms with Crippen molar-refractivity contribution < 1.29 is 0 Å². The zero-order chi connectivity index (χ0) is 9.80. The van der Waals surface area contributed by atoms with Gasteiger partial charge in [0.15, 0.2) is 0 Å². The van der Waals surface area contributed by atoms with Crippen molar-refractivity contribution in [3.05, 3.63) is 0 Å². The van der Waals surface area contributed by atoms with E-state index in [1.807, 2.05) is 0 Å². The van der Waals surface area contributed by atoms with Gasteiger partial charge in [0, 0.05) is 0 Å². The molecule has 0 aromatic carbocycles. The van der Waals surface area contributed by atoms with Crippen molar-refractivity contribution in [2.24, 2.45) is 17.8 Å². The third-order valence-corrected chi connectivity index (χ3v) is 4.05. The number of rotatable bonds is 5. The van der Waals surface area contributed by atoms with Gasteiger partial charge in [0.1, 0.15) is 0 Å². The van der Waals surface area contributed by atoms with Crippen molar-refractivity contribution in [1.82, 2.24) is 5.32 Å². The fourth-order valence-electron chi connectivity index (χ4n) is 2.74. The van der Waals surface area contributed by atoms with E-state index in [0.29, 0.717) is 0 Å². The minimum Gasteiger partial charge on any atom is -0.316 e. The summed E-state index contributed by atoms with van der Waals surface area (Å²) >= 11 is 0. The first-order valence-electron chi connectivity index (χ1n) is 6.57. The summed E-state index contributed by atoms with van der Waals surface area (Å²) in [7, 11) is 0. The molecule has 1 heteroatoms. The van der Waals surface area contributed by atoms with Crippen LogP contribution in [0, 0.1) is 17.8 Å². The van der Waals surface area contributed by atoms with Gasteiger partial charge in [-0.1, -0.05) is 26.2 Å². The fourth-order valence-corrected chi connectivity index (χ4v) is 2.74. The maximum atomic E-state index is 3.68. The predicted molar refractivity (Wildman–Crippen MR) is 61.3 cm³/mol. The van der Waals surface area contributed by atoms with Crippen LogP contribution in [0.15, 0.2) is 0 Å². The number of hydrogen-bond donors (Lipinski definition) is 1. The van der Waals surface area contributed by atoms with Crippen LogP contribution in [0.5, 0.6) is 0 Å². The Balaban J connectivity index is 1.52. The molecule has 14 heavy (non-hydrogen) atoms. The topological polar surface area (TPSA) is 12.0 Å². The lowest BCUT2D eigenvalue weighted by molar-refractivity contribution is 0.330. The van der Waals surface area contributed by atoms with E-state index in [0.717, 1.165) is 17.8 Å². The Bertz CT molecular complexity index is 157. The molecule has 0 bridgehead atoms. The minimum absolute atomic E-state index is 0.929. The second kappa shape index (κ2) is 5.16. The Morgan fingerprint density at radius 3 is 2.43 bits per heavy atom. The lowest BCUT2D eigenvalue weighted by Gasteiger charge is -2.22. The molecule has 82 valence electrons. The summed E-state index contributed by atoms with van der Waals surface area (Å²) in [6.07, 6.45) is 10.4. The van der Waals surface area contributed by atoms with Crippen molar-refractivity contribution >= 4 is 0 Å². The summed E-state index contributed by atoms with van der Waals surface area (Å²) < 4.78 is 0. The second-order valence-electron chi connectivity index (χ2n) is 5.48. The first kappa shape index (κ1) is 10.5. The smallest absolute Gasteiger partial charge is 0.00204 e. The molecule has 1 N–H and O–H groups in total. The zero-order valence-corrected chi connectivity index (χ0v) is 9.60. The van der Waals surface area contributed by atoms with Crippen LogP contribution in [-0.4, -0.2) is 13.1 Å². The molecule has 2 fully saturated rings. The van der Waals surface area contributed by atoms with Gasteiger partial charge in [-0.25, -0.2) is 0 Å². The molecule has 1 unspecified atom stereocenters. The van der Waals surface area contributed by atoms with Crippen LogP contribution in [0.3, 0.4) is 0 Å². The summed E-state index contributed by atoms with van der Waals surface area (Å²) in [5.74, 6) is 2.99. The lowest BCUT2D eigenvalue weighted by atomic mass is 9.89. The van der Waals surface area contributed by atoms with Crippen molar-refractivity contribution in [3.63, 3.8) is 0 Å². The first-order valence-corrected chi connectivity index (χ1v) is 6.57. The van der Waals surface area contributed by atoms with Crippen molar-refractivity contribution in [1.29, 1.82) is 0 Å². The average Bonchev–Trinajstić information content (AvgIpc) is 3.02. The Kier molecular flexibility index (Phi) is 3.86. The maximum Gasteiger partial charge on any atom is -0.00204 e. The molecule has 0 spiro atoms. The van der Waals surface area contributed by atoms with Gasteiger partial charge in [0.05, 0.1) is 0 Å². The average molecular weight is 195 g/mol. The molecule has 1 nitrogen and oxygen atoms in total. The highest BCUT2D eigenvalue weighted by atomic mass is 14.9. The number of hydrogen-bond acceptors (Lipinski definition) is 1. The normalized spacial score (nSPS) is 26.4. The summed E-state index contributed by atoms with van der Waals surface area (Å²) in [5, 5.41) is 3.68. The van der Waals surface area contributed by atoms with E-state index in [1.165, 1.54) is 58.0 Å². The fraction of sp³-hybridized carbons (Fsp3) is 1.00. The first-order chi connectivity index (χ1) is 6.86. The third kappa shape index (κ3) is 3.27. The van der Waals surface area contributed by atoms with E-state index in [4.69, 9.17) is 0 Å². The molecule has 0 aromatic rings. The van der Waals surface area contributed by atoms with E-state index in [-0.39, 0.29) is 0 Å². The third-order valence-electron chi connectivity index (χ3n) is 4.05. The van der Waals surface area contributed by atoms with Crippen LogP contribution in [-0.2, 0) is 0 Å². The highest BCUT2D eigenvalue weighted by molar-refractivity contribution is 4.80. The quantitative estimate of drug-likeness (QED) is 0.710. The lowest BCUT2D eigenvalue weighted by Crippen LogP contribution is -2.28. The molecule has 0 aliphatic heterocycles. The molecule has 0 radical (unpaired) electrons. The van der Waals surface area contributed by atoms with Crippen LogP contribution < -0.4 is 5.32 Å². The van der Waals surface area contributed by atoms with E-state index in [9.17, 15) is 0 Å². The van der Waals surface area contributed by atoms with Crippen LogP contribution in [0.25, 0.3) is 0 Å². The van der Waals surface area contributed by atoms with Gasteiger partial charge >= 0.3 is 0 Å². The highest BCUT2D eigenvalue weighted by Crippen LogP contribution is 2.36. The number of nitrogens with one attached hydrogen (secondary N) is 1. The van der Waals surface area contributed by atoms with Gasteiger partial charge in [-0.2, -0.15) is 0 Å². The summed E-state index contributed by atoms with van der Waals surface area (Å²) in [5.41, 5.74) is 0. The molecule has 2 saturated carbocycles. The summed E-state index contributed by atoms with van der Waals surface area (Å²) in [4.78, 5) is 0. The minimum atomic E-state index is 0.929. The summed E-state index contributed by atoms with van der Waals surface area (Å²) in [6.45, 7) is 4.96. The standard InChI is InChI=1S/C13H25N/c1-11(13-7-8-13)9-14-10-12-5-3-2-4-6-12/h11-14H,2-10H2,1H3. The molecule has 2 aliphatic rings. The highest BCUT2D eigenvalue weighted by Gasteiger charge is 2.27. The van der Waals surface area contributed by atoms with Gasteiger partial charge < -0.3 is 5.32 Å². The molecule has 1 atom stereocenters. The Morgan fingerprint density at radius 1 is 1.07 bits per heavy atom. The van der Waals surface area contributed by atoms with Gasteiger partial charge in [-0.05, 0) is 56.5 Å². The molecule has 2 rings (SSSR count). The van der Waals surface area contributed by atoms with Gasteiger partial charge in [-0.15, -0.1) is 0 Å². The van der Waals surface area contributed by atoms with Crippen molar-refractivity contribution in [2.75, 3.05) is 13.1 Å². The van der Waals surface area contributed by atoms with Crippen LogP contribution >= 0.6 is 0 Å². The Labute approximate surface area is 88.7 Å². The molecule has 0 heterocycles. The molecular formula is C13H25N. The van der Waals surface area contributed by atoms with Crippen molar-refractivity contribution in [2.45, 2.75) is 51.9 Å². The molecule has 0 saturated heterocycles. The van der Waals surface area contributed by atoms with Gasteiger partial charge in [0.25, 0.3) is 0 Å². The van der Waals surface area contributed by atoms with Crippen molar-refractivity contribution in [3.8, 4) is 0 Å². The SMILES string of the molecule is CC(CNCC1CCCCC1)C1CC1. The van der Waals surface area contributed by atoms with E-state index < -0.39 is 0 Å². The maximum absolute atomic E-state index is 3.68. The second-order valence-corrected chi connectivity index (χ2v) is 5.48. The molecular weight excluding hydrogens is 170 g/mol. The zero-order valence-electron chi connectivity index (χ0n) is 9.60. The largest absolute Gasteiger partial charge is 0.316 e. The van der Waals surface area contributed by atoms with E-state index in [1.54, 1.807) is 0 Å². The Morgan fingerprint density at radius 2 is 1.79 bits per heavy atom. The van der Waals surface area contributed by atoms with Crippen LogP contribution in [0.4, 0.5) is 0 Å². The molecule has 0 amide bonds. The Hall–Kier alpha value is -0.0400. The van der Waals surface area contributed by atoms with Crippen LogP contribution in [0.2, 0.25) is 0 Å². The van der Waals surface area contributed by atoms with Gasteiger partial charge in [0.2, 0.25) is 0 Å². The monoisotopic (exact) mass is 195 g/mol. The molecule has 2 aliphatic carbocycles. The molecule has 0 aromatic heterocycles. The van der Waals surface area contributed by atoms with Gasteiger partial charge in [-0.3, -0.25) is 0 Å². The summed E-state index contributed by atoms with van der Waals surface area (Å²) in [6, 6.07) is 0. The van der Waals surface area contributed by atoms with E-state index in [2.05, 4.69) is 12.2 Å².